The molecule has 2 N–H and O–H groups in total. The van der Waals surface area contributed by atoms with E-state index in [2.05, 4.69) is 9.97 Å². The van der Waals surface area contributed by atoms with Crippen LogP contribution in [0, 0.1) is 10.1 Å². The molecule has 0 amide bonds. The maximum absolute atomic E-state index is 11.4. The molecular formula is C12H8ClN3O4. The number of H-pyrrole nitrogens is 1. The molecule has 0 atom stereocenters. The fourth-order valence-electron chi connectivity index (χ4n) is 1.46. The summed E-state index contributed by atoms with van der Waals surface area (Å²) in [5, 5.41) is 20.5. The second-order valence-electron chi connectivity index (χ2n) is 3.77. The molecule has 1 aromatic carbocycles. The fourth-order valence-corrected chi connectivity index (χ4v) is 1.59. The molecule has 0 aliphatic carbocycles. The van der Waals surface area contributed by atoms with Crippen molar-refractivity contribution in [1.29, 1.82) is 0 Å². The fraction of sp³-hybridized carbons (Fsp3) is 0. The maximum atomic E-state index is 11.4. The second kappa shape index (κ2) is 5.54. The van der Waals surface area contributed by atoms with Crippen LogP contribution in [0.1, 0.15) is 11.4 Å². The van der Waals surface area contributed by atoms with Crippen LogP contribution < -0.4 is 5.56 Å². The van der Waals surface area contributed by atoms with Crippen LogP contribution in [-0.4, -0.2) is 20.0 Å². The molecule has 102 valence electrons. The first-order chi connectivity index (χ1) is 9.47. The lowest BCUT2D eigenvalue weighted by Crippen LogP contribution is -2.14. The average Bonchev–Trinajstić information content (AvgIpc) is 2.37. The smallest absolute Gasteiger partial charge is 0.395 e. The van der Waals surface area contributed by atoms with Gasteiger partial charge in [-0.15, -0.1) is 0 Å². The maximum Gasteiger partial charge on any atom is 0.395 e. The number of hydrogen-bond donors (Lipinski definition) is 2. The van der Waals surface area contributed by atoms with Crippen LogP contribution in [0.3, 0.4) is 0 Å². The molecule has 0 spiro atoms. The molecular weight excluding hydrogens is 286 g/mol. The summed E-state index contributed by atoms with van der Waals surface area (Å²) in [5.74, 6) is -0.914. The summed E-state index contributed by atoms with van der Waals surface area (Å²) in [5.41, 5.74) is -1.21. The van der Waals surface area contributed by atoms with E-state index in [4.69, 9.17) is 11.6 Å². The number of rotatable bonds is 3. The summed E-state index contributed by atoms with van der Waals surface area (Å²) in [7, 11) is 0. The SMILES string of the molecule is O=c1[nH]c(/C=C/c2ccc(Cl)cc2)nc(O)c1[N+](=O)[O-]. The third kappa shape index (κ3) is 3.01. The number of aromatic hydroxyl groups is 1. The van der Waals surface area contributed by atoms with Gasteiger partial charge in [-0.2, -0.15) is 4.98 Å². The number of halogens is 1. The molecule has 20 heavy (non-hydrogen) atoms. The highest BCUT2D eigenvalue weighted by Crippen LogP contribution is 2.17. The summed E-state index contributed by atoms with van der Waals surface area (Å²) in [6.07, 6.45) is 3.02. The monoisotopic (exact) mass is 293 g/mol. The van der Waals surface area contributed by atoms with Crippen LogP contribution in [-0.2, 0) is 0 Å². The van der Waals surface area contributed by atoms with E-state index in [0.717, 1.165) is 5.56 Å². The third-order valence-electron chi connectivity index (χ3n) is 2.38. The van der Waals surface area contributed by atoms with Crippen molar-refractivity contribution < 1.29 is 10.0 Å². The van der Waals surface area contributed by atoms with Gasteiger partial charge in [0.15, 0.2) is 0 Å². The Kier molecular flexibility index (Phi) is 3.81. The molecule has 1 heterocycles. The van der Waals surface area contributed by atoms with Crippen LogP contribution in [0.4, 0.5) is 5.69 Å². The van der Waals surface area contributed by atoms with Gasteiger partial charge < -0.3 is 10.1 Å². The number of hydrogen-bond acceptors (Lipinski definition) is 5. The molecule has 0 saturated heterocycles. The van der Waals surface area contributed by atoms with Crippen molar-refractivity contribution in [2.45, 2.75) is 0 Å². The Hall–Kier alpha value is -2.67. The van der Waals surface area contributed by atoms with E-state index < -0.39 is 22.0 Å². The van der Waals surface area contributed by atoms with Crippen molar-refractivity contribution in [1.82, 2.24) is 9.97 Å². The largest absolute Gasteiger partial charge is 0.488 e. The zero-order valence-electron chi connectivity index (χ0n) is 9.91. The molecule has 0 unspecified atom stereocenters. The first kappa shape index (κ1) is 13.8. The minimum atomic E-state index is -1.02. The predicted octanol–water partition coefficient (Wildman–Crippen LogP) is 2.21. The first-order valence-electron chi connectivity index (χ1n) is 5.38. The van der Waals surface area contributed by atoms with E-state index in [1.54, 1.807) is 30.3 Å². The highest BCUT2D eigenvalue weighted by atomic mass is 35.5. The highest BCUT2D eigenvalue weighted by Gasteiger charge is 2.21. The number of aromatic nitrogens is 2. The standard InChI is InChI=1S/C12H8ClN3O4/c13-8-4-1-7(2-5-8)3-6-9-14-11(17)10(16(19)20)12(18)15-9/h1-6H,(H2,14,15,17,18)/b6-3+. The quantitative estimate of drug-likeness (QED) is 0.666. The van der Waals surface area contributed by atoms with Crippen LogP contribution >= 0.6 is 11.6 Å². The highest BCUT2D eigenvalue weighted by molar-refractivity contribution is 6.30. The molecule has 7 nitrogen and oxygen atoms in total. The third-order valence-corrected chi connectivity index (χ3v) is 2.63. The van der Waals surface area contributed by atoms with Gasteiger partial charge in [-0.1, -0.05) is 29.8 Å². The van der Waals surface area contributed by atoms with Gasteiger partial charge in [0.2, 0.25) is 0 Å². The molecule has 0 saturated carbocycles. The van der Waals surface area contributed by atoms with E-state index >= 15 is 0 Å². The van der Waals surface area contributed by atoms with Gasteiger partial charge in [-0.3, -0.25) is 14.9 Å². The van der Waals surface area contributed by atoms with Crippen molar-refractivity contribution in [3.05, 3.63) is 61.1 Å². The Morgan fingerprint density at radius 1 is 1.30 bits per heavy atom. The summed E-state index contributed by atoms with van der Waals surface area (Å²) in [4.78, 5) is 26.7. The van der Waals surface area contributed by atoms with Crippen molar-refractivity contribution >= 4 is 29.4 Å². The molecule has 0 fully saturated rings. The normalized spacial score (nSPS) is 10.8. The van der Waals surface area contributed by atoms with Crippen molar-refractivity contribution in [3.8, 4) is 5.88 Å². The Morgan fingerprint density at radius 3 is 2.50 bits per heavy atom. The van der Waals surface area contributed by atoms with Gasteiger partial charge in [-0.05, 0) is 23.8 Å². The summed E-state index contributed by atoms with van der Waals surface area (Å²) in [6.45, 7) is 0. The lowest BCUT2D eigenvalue weighted by molar-refractivity contribution is -0.387. The number of nitro groups is 1. The summed E-state index contributed by atoms with van der Waals surface area (Å²) < 4.78 is 0. The first-order valence-corrected chi connectivity index (χ1v) is 5.76. The van der Waals surface area contributed by atoms with Crippen LogP contribution in [0.2, 0.25) is 5.02 Å². The van der Waals surface area contributed by atoms with Crippen molar-refractivity contribution in [2.75, 3.05) is 0 Å². The second-order valence-corrected chi connectivity index (χ2v) is 4.20. The lowest BCUT2D eigenvalue weighted by atomic mass is 10.2. The molecule has 0 radical (unpaired) electrons. The zero-order valence-corrected chi connectivity index (χ0v) is 10.7. The van der Waals surface area contributed by atoms with Gasteiger partial charge in [0.1, 0.15) is 5.82 Å². The lowest BCUT2D eigenvalue weighted by Gasteiger charge is -1.97. The molecule has 0 aliphatic rings. The number of benzene rings is 1. The average molecular weight is 294 g/mol. The van der Waals surface area contributed by atoms with E-state index in [1.807, 2.05) is 0 Å². The van der Waals surface area contributed by atoms with Crippen LogP contribution in [0.5, 0.6) is 5.88 Å². The minimum absolute atomic E-state index is 0.00745. The Balaban J connectivity index is 2.33. The van der Waals surface area contributed by atoms with Crippen molar-refractivity contribution in [2.24, 2.45) is 0 Å². The number of nitrogens with zero attached hydrogens (tertiary/aromatic N) is 2. The van der Waals surface area contributed by atoms with Crippen LogP contribution in [0.15, 0.2) is 29.1 Å². The molecule has 0 bridgehead atoms. The summed E-state index contributed by atoms with van der Waals surface area (Å²) in [6, 6.07) is 6.85. The van der Waals surface area contributed by atoms with Gasteiger partial charge >= 0.3 is 11.2 Å². The Bertz CT molecular complexity index is 737. The Labute approximate surface area is 117 Å². The van der Waals surface area contributed by atoms with E-state index in [-0.39, 0.29) is 5.82 Å². The zero-order chi connectivity index (χ0) is 14.7. The van der Waals surface area contributed by atoms with Gasteiger partial charge in [0, 0.05) is 5.02 Å². The van der Waals surface area contributed by atoms with E-state index in [1.165, 1.54) is 6.08 Å². The summed E-state index contributed by atoms with van der Waals surface area (Å²) >= 11 is 5.74. The molecule has 1 aromatic heterocycles. The molecule has 2 aromatic rings. The predicted molar refractivity (Wildman–Crippen MR) is 73.6 cm³/mol. The molecule has 2 rings (SSSR count). The van der Waals surface area contributed by atoms with E-state index in [9.17, 15) is 20.0 Å². The Morgan fingerprint density at radius 2 is 1.95 bits per heavy atom. The number of aromatic amines is 1. The number of nitrogens with one attached hydrogen (secondary N) is 1. The van der Waals surface area contributed by atoms with Crippen molar-refractivity contribution in [3.63, 3.8) is 0 Å². The molecule has 8 heteroatoms. The minimum Gasteiger partial charge on any atom is -0.488 e. The van der Waals surface area contributed by atoms with E-state index in [0.29, 0.717) is 5.02 Å². The van der Waals surface area contributed by atoms with Gasteiger partial charge in [0.05, 0.1) is 4.92 Å². The van der Waals surface area contributed by atoms with Gasteiger partial charge in [-0.25, -0.2) is 0 Å². The van der Waals surface area contributed by atoms with Crippen LogP contribution in [0.25, 0.3) is 12.2 Å². The topological polar surface area (TPSA) is 109 Å². The van der Waals surface area contributed by atoms with Gasteiger partial charge in [0.25, 0.3) is 5.88 Å². The molecule has 0 aliphatic heterocycles.